The number of hydrogen-bond acceptors (Lipinski definition) is 5. The summed E-state index contributed by atoms with van der Waals surface area (Å²) in [5.74, 6) is -5.23. The molecule has 1 aromatic rings. The largest absolute Gasteiger partial charge is 0.396 e. The van der Waals surface area contributed by atoms with Crippen LogP contribution in [0.5, 0.6) is 0 Å². The molecule has 0 amide bonds. The third kappa shape index (κ3) is 2.77. The van der Waals surface area contributed by atoms with Crippen LogP contribution in [0.3, 0.4) is 0 Å². The minimum Gasteiger partial charge on any atom is -0.396 e. The molecule has 10 heteroatoms. The van der Waals surface area contributed by atoms with E-state index in [1.807, 2.05) is 0 Å². The van der Waals surface area contributed by atoms with Gasteiger partial charge in [0.15, 0.2) is 0 Å². The van der Waals surface area contributed by atoms with Crippen molar-refractivity contribution in [1.82, 2.24) is 14.5 Å². The van der Waals surface area contributed by atoms with Gasteiger partial charge < -0.3 is 9.84 Å². The van der Waals surface area contributed by atoms with Gasteiger partial charge in [0.2, 0.25) is 0 Å². The molecule has 1 saturated heterocycles. The summed E-state index contributed by atoms with van der Waals surface area (Å²) in [6, 6.07) is -1.33. The Hall–Kier alpha value is -1.91. The van der Waals surface area contributed by atoms with Crippen molar-refractivity contribution in [3.8, 4) is 0 Å². The third-order valence-electron chi connectivity index (χ3n) is 5.98. The van der Waals surface area contributed by atoms with Crippen LogP contribution in [0.1, 0.15) is 43.2 Å². The van der Waals surface area contributed by atoms with E-state index in [1.54, 1.807) is 0 Å². The predicted molar refractivity (Wildman–Crippen MR) is 93.9 cm³/mol. The lowest BCUT2D eigenvalue weighted by Crippen LogP contribution is -2.47. The van der Waals surface area contributed by atoms with E-state index < -0.39 is 54.2 Å². The Morgan fingerprint density at radius 2 is 2.00 bits per heavy atom. The van der Waals surface area contributed by atoms with E-state index in [0.717, 1.165) is 12.8 Å². The number of hydrogen-bond donors (Lipinski definition) is 2. The van der Waals surface area contributed by atoms with Crippen LogP contribution in [0.25, 0.3) is 5.57 Å². The van der Waals surface area contributed by atoms with Gasteiger partial charge in [0.1, 0.15) is 11.9 Å². The molecule has 4 rings (SSSR count). The topological polar surface area (TPSA) is 87.6 Å². The lowest BCUT2D eigenvalue weighted by atomic mass is 9.88. The highest BCUT2D eigenvalue weighted by molar-refractivity contribution is 5.70. The summed E-state index contributed by atoms with van der Waals surface area (Å²) in [5.41, 5.74) is -1.05. The predicted octanol–water partition coefficient (Wildman–Crippen LogP) is 1.20. The Bertz CT molecular complexity index is 950. The second kappa shape index (κ2) is 6.57. The number of aromatic amines is 1. The smallest absolute Gasteiger partial charge is 0.328 e. The van der Waals surface area contributed by atoms with Crippen LogP contribution in [-0.2, 0) is 4.74 Å². The lowest BCUT2D eigenvalue weighted by Gasteiger charge is -2.38. The van der Waals surface area contributed by atoms with Crippen LogP contribution >= 0.6 is 0 Å². The normalized spacial score (nSPS) is 30.0. The van der Waals surface area contributed by atoms with Crippen LogP contribution in [0.4, 0.5) is 13.2 Å². The van der Waals surface area contributed by atoms with E-state index in [4.69, 9.17) is 4.74 Å². The van der Waals surface area contributed by atoms with Gasteiger partial charge in [0.25, 0.3) is 11.5 Å². The number of aliphatic hydroxyl groups excluding tert-OH is 1. The fourth-order valence-electron chi connectivity index (χ4n) is 4.40. The Labute approximate surface area is 158 Å². The number of methoxy groups -OCH3 is 1. The highest BCUT2D eigenvalue weighted by Gasteiger charge is 2.53. The van der Waals surface area contributed by atoms with E-state index in [2.05, 4.69) is 4.98 Å². The molecule has 0 aromatic carbocycles. The van der Waals surface area contributed by atoms with Crippen LogP contribution < -0.4 is 11.2 Å². The molecular weight excluding hydrogens is 379 g/mol. The Kier molecular flexibility index (Phi) is 4.55. The molecule has 1 aliphatic heterocycles. The first kappa shape index (κ1) is 19.4. The second-order valence-electron chi connectivity index (χ2n) is 7.76. The average molecular weight is 401 g/mol. The summed E-state index contributed by atoms with van der Waals surface area (Å²) < 4.78 is 50.7. The molecule has 154 valence electrons. The molecule has 1 aromatic heterocycles. The number of ether oxygens (including phenoxy) is 1. The van der Waals surface area contributed by atoms with Crippen molar-refractivity contribution >= 4 is 5.57 Å². The Morgan fingerprint density at radius 1 is 1.32 bits per heavy atom. The minimum absolute atomic E-state index is 0.0136. The number of aromatic nitrogens is 2. The number of alkyl halides is 2. The number of likely N-dealkylation sites (tertiary alicyclic amines) is 1. The Morgan fingerprint density at radius 3 is 2.54 bits per heavy atom. The fraction of sp³-hybridized carbons (Fsp3) is 0.667. The molecule has 0 radical (unpaired) electrons. The summed E-state index contributed by atoms with van der Waals surface area (Å²) in [6.45, 7) is -0.278. The third-order valence-corrected chi connectivity index (χ3v) is 5.98. The molecule has 7 nitrogen and oxygen atoms in total. The van der Waals surface area contributed by atoms with Crippen LogP contribution in [0.2, 0.25) is 0 Å². The van der Waals surface area contributed by atoms with Crippen molar-refractivity contribution in [2.75, 3.05) is 26.8 Å². The van der Waals surface area contributed by atoms with Gasteiger partial charge in [-0.1, -0.05) is 0 Å². The summed E-state index contributed by atoms with van der Waals surface area (Å²) in [5, 5.41) is 9.28. The van der Waals surface area contributed by atoms with Crippen molar-refractivity contribution in [3.63, 3.8) is 0 Å². The van der Waals surface area contributed by atoms with Crippen LogP contribution in [0.15, 0.2) is 15.4 Å². The number of aliphatic hydroxyl groups is 1. The first-order valence-electron chi connectivity index (χ1n) is 9.22. The zero-order valence-electron chi connectivity index (χ0n) is 15.5. The van der Waals surface area contributed by atoms with E-state index in [-0.39, 0.29) is 29.4 Å². The molecule has 28 heavy (non-hydrogen) atoms. The van der Waals surface area contributed by atoms with Crippen molar-refractivity contribution in [2.24, 2.45) is 5.92 Å². The molecule has 0 spiro atoms. The van der Waals surface area contributed by atoms with E-state index in [9.17, 15) is 23.5 Å². The molecule has 3 unspecified atom stereocenters. The highest BCUT2D eigenvalue weighted by Crippen LogP contribution is 2.46. The molecule has 2 heterocycles. The molecule has 3 atom stereocenters. The molecular formula is C18H22F3N3O4. The second-order valence-corrected chi connectivity index (χ2v) is 7.76. The van der Waals surface area contributed by atoms with Gasteiger partial charge >= 0.3 is 5.69 Å². The van der Waals surface area contributed by atoms with Crippen molar-refractivity contribution < 1.29 is 23.0 Å². The van der Waals surface area contributed by atoms with Crippen molar-refractivity contribution in [3.05, 3.63) is 37.9 Å². The maximum absolute atomic E-state index is 15.3. The minimum atomic E-state index is -3.17. The summed E-state index contributed by atoms with van der Waals surface area (Å²) in [4.78, 5) is 28.3. The average Bonchev–Trinajstić information content (AvgIpc) is 3.40. The summed E-state index contributed by atoms with van der Waals surface area (Å²) >= 11 is 0. The van der Waals surface area contributed by atoms with Crippen LogP contribution in [-0.4, -0.2) is 58.3 Å². The number of fused-ring (bicyclic) bond motifs is 1. The monoisotopic (exact) mass is 401 g/mol. The van der Waals surface area contributed by atoms with Gasteiger partial charge in [0.05, 0.1) is 36.4 Å². The first-order chi connectivity index (χ1) is 13.2. The number of H-pyrrole nitrogens is 1. The SMILES string of the molecule is COC1c2c(c(=O)[nH]c(=O)n2C2CC2)C(C)=C(F)C1N1CC(CO)C(F)(F)C1. The van der Waals surface area contributed by atoms with E-state index in [1.165, 1.54) is 23.5 Å². The lowest BCUT2D eigenvalue weighted by molar-refractivity contribution is -0.0484. The van der Waals surface area contributed by atoms with Gasteiger partial charge in [-0.25, -0.2) is 18.0 Å². The number of nitrogens with one attached hydrogen (secondary N) is 1. The molecule has 2 fully saturated rings. The maximum atomic E-state index is 15.3. The fourth-order valence-corrected chi connectivity index (χ4v) is 4.40. The number of halogens is 3. The summed E-state index contributed by atoms with van der Waals surface area (Å²) in [6.07, 6.45) is 0.376. The maximum Gasteiger partial charge on any atom is 0.328 e. The standard InChI is InChI=1S/C18H22F3N3O4/c1-8-11-13(24(10-3-4-10)17(27)22-16(11)26)15(28-2)14(12(8)19)23-5-9(6-25)18(20,21)7-23/h9-10,14-15,25H,3-7H2,1-2H3,(H,22,26,27). The van der Waals surface area contributed by atoms with Gasteiger partial charge in [0, 0.05) is 19.7 Å². The quantitative estimate of drug-likeness (QED) is 0.792. The zero-order valence-corrected chi connectivity index (χ0v) is 15.5. The molecule has 1 saturated carbocycles. The summed E-state index contributed by atoms with van der Waals surface area (Å²) in [7, 11) is 1.30. The van der Waals surface area contributed by atoms with Gasteiger partial charge in [-0.15, -0.1) is 0 Å². The molecule has 3 aliphatic rings. The Balaban J connectivity index is 1.89. The van der Waals surface area contributed by atoms with Gasteiger partial charge in [-0.3, -0.25) is 19.2 Å². The van der Waals surface area contributed by atoms with Crippen LogP contribution in [0, 0.1) is 5.92 Å². The molecule has 2 N–H and O–H groups in total. The van der Waals surface area contributed by atoms with Gasteiger partial charge in [-0.2, -0.15) is 0 Å². The van der Waals surface area contributed by atoms with E-state index in [0.29, 0.717) is 0 Å². The number of rotatable bonds is 4. The first-order valence-corrected chi connectivity index (χ1v) is 9.22. The molecule has 2 aliphatic carbocycles. The highest BCUT2D eigenvalue weighted by atomic mass is 19.3. The van der Waals surface area contributed by atoms with Crippen molar-refractivity contribution in [1.29, 1.82) is 0 Å². The zero-order chi connectivity index (χ0) is 20.4. The van der Waals surface area contributed by atoms with Gasteiger partial charge in [-0.05, 0) is 25.3 Å². The van der Waals surface area contributed by atoms with E-state index >= 15 is 4.39 Å². The molecule has 0 bridgehead atoms. The number of nitrogens with zero attached hydrogens (tertiary/aromatic N) is 2. The number of allylic oxidation sites excluding steroid dienone is 1. The van der Waals surface area contributed by atoms with Crippen molar-refractivity contribution in [2.45, 2.75) is 43.9 Å².